The Bertz CT molecular complexity index is 741. The van der Waals surface area contributed by atoms with Crippen LogP contribution in [0.1, 0.15) is 32.6 Å². The molecule has 4 atom stereocenters. The summed E-state index contributed by atoms with van der Waals surface area (Å²) in [5.74, 6) is -6.92. The molecule has 174 valence electrons. The molecule has 0 aliphatic heterocycles. The molecule has 15 heteroatoms. The lowest BCUT2D eigenvalue weighted by Crippen LogP contribution is -2.56. The van der Waals surface area contributed by atoms with Crippen molar-refractivity contribution >= 4 is 41.4 Å². The molecule has 0 rings (SSSR count). The Hall–Kier alpha value is -3.75. The van der Waals surface area contributed by atoms with E-state index in [2.05, 4.69) is 10.6 Å². The van der Waals surface area contributed by atoms with E-state index in [4.69, 9.17) is 28.0 Å². The highest BCUT2D eigenvalue weighted by Crippen LogP contribution is 2.02. The molecule has 15 nitrogen and oxygen atoms in total. The van der Waals surface area contributed by atoms with Crippen molar-refractivity contribution in [1.29, 1.82) is 0 Å². The topological polar surface area (TPSA) is 280 Å². The summed E-state index contributed by atoms with van der Waals surface area (Å²) in [6.07, 6.45) is -1.80. The Morgan fingerprint density at radius 2 is 1.26 bits per heavy atom. The van der Waals surface area contributed by atoms with Gasteiger partial charge in [-0.05, 0) is 13.3 Å². The fraction of sp³-hybridized carbons (Fsp3) is 0.562. The third-order valence-corrected chi connectivity index (χ3v) is 3.84. The Morgan fingerprint density at radius 1 is 0.742 bits per heavy atom. The molecule has 0 bridgehead atoms. The number of hydrogen-bond acceptors (Lipinski definition) is 8. The van der Waals surface area contributed by atoms with Gasteiger partial charge in [0.2, 0.25) is 35.4 Å². The average molecular weight is 445 g/mol. The van der Waals surface area contributed by atoms with E-state index in [1.54, 1.807) is 0 Å². The smallest absolute Gasteiger partial charge is 0.326 e. The van der Waals surface area contributed by atoms with E-state index in [9.17, 15) is 33.6 Å². The zero-order chi connectivity index (χ0) is 24.3. The Balaban J connectivity index is 5.21. The first-order valence-electron chi connectivity index (χ1n) is 8.99. The monoisotopic (exact) mass is 445 g/mol. The van der Waals surface area contributed by atoms with Crippen LogP contribution in [0.5, 0.6) is 0 Å². The summed E-state index contributed by atoms with van der Waals surface area (Å²) in [6, 6.07) is -5.61. The van der Waals surface area contributed by atoms with Gasteiger partial charge in [0, 0.05) is 6.42 Å². The molecule has 0 saturated heterocycles. The van der Waals surface area contributed by atoms with Gasteiger partial charge in [-0.3, -0.25) is 28.8 Å². The number of rotatable bonds is 14. The van der Waals surface area contributed by atoms with Crippen molar-refractivity contribution in [1.82, 2.24) is 16.0 Å². The number of aliphatic carboxylic acids is 1. The maximum atomic E-state index is 12.4. The molecule has 0 aromatic rings. The molecule has 0 fully saturated rings. The molecule has 12 N–H and O–H groups in total. The third kappa shape index (κ3) is 11.1. The van der Waals surface area contributed by atoms with Crippen molar-refractivity contribution in [2.45, 2.75) is 56.8 Å². The van der Waals surface area contributed by atoms with E-state index < -0.39 is 78.4 Å². The normalized spacial score (nSPS) is 14.3. The summed E-state index contributed by atoms with van der Waals surface area (Å²) in [6.45, 7) is 1.25. The van der Waals surface area contributed by atoms with Crippen LogP contribution in [-0.2, 0) is 33.6 Å². The number of hydrogen-bond donors (Lipinski definition) is 8. The van der Waals surface area contributed by atoms with Gasteiger partial charge < -0.3 is 44.0 Å². The molecule has 0 heterocycles. The van der Waals surface area contributed by atoms with Crippen molar-refractivity contribution in [3.8, 4) is 0 Å². The minimum absolute atomic E-state index is 0.294. The van der Waals surface area contributed by atoms with E-state index in [-0.39, 0.29) is 12.8 Å². The molecule has 0 aliphatic rings. The number of carbonyl (C=O) groups is 7. The fourth-order valence-corrected chi connectivity index (χ4v) is 2.22. The van der Waals surface area contributed by atoms with Crippen molar-refractivity contribution in [2.24, 2.45) is 22.9 Å². The molecule has 4 unspecified atom stereocenters. The van der Waals surface area contributed by atoms with Gasteiger partial charge >= 0.3 is 5.97 Å². The van der Waals surface area contributed by atoms with E-state index >= 15 is 0 Å². The third-order valence-electron chi connectivity index (χ3n) is 3.84. The second-order valence-corrected chi connectivity index (χ2v) is 6.64. The molecular formula is C16H27N7O8. The number of amides is 6. The first-order chi connectivity index (χ1) is 14.2. The second-order valence-electron chi connectivity index (χ2n) is 6.64. The summed E-state index contributed by atoms with van der Waals surface area (Å²) in [5.41, 5.74) is 20.4. The van der Waals surface area contributed by atoms with E-state index in [0.29, 0.717) is 0 Å². The maximum Gasteiger partial charge on any atom is 0.326 e. The molecule has 0 spiro atoms. The first kappa shape index (κ1) is 27.2. The minimum atomic E-state index is -1.66. The predicted molar refractivity (Wildman–Crippen MR) is 103 cm³/mol. The molecule has 0 aromatic carbocycles. The number of nitrogens with one attached hydrogen (secondary N) is 3. The van der Waals surface area contributed by atoms with Crippen LogP contribution in [0.25, 0.3) is 0 Å². The number of primary amides is 3. The van der Waals surface area contributed by atoms with Gasteiger partial charge in [-0.15, -0.1) is 0 Å². The molecule has 0 radical (unpaired) electrons. The molecule has 31 heavy (non-hydrogen) atoms. The number of carboxylic acid groups (broad SMARTS) is 1. The van der Waals surface area contributed by atoms with Crippen molar-refractivity contribution < 1.29 is 38.7 Å². The van der Waals surface area contributed by atoms with Gasteiger partial charge in [0.05, 0.1) is 18.9 Å². The molecule has 0 saturated carbocycles. The summed E-state index contributed by atoms with van der Waals surface area (Å²) in [5, 5.41) is 15.6. The van der Waals surface area contributed by atoms with Gasteiger partial charge in [0.25, 0.3) is 0 Å². The lowest BCUT2D eigenvalue weighted by molar-refractivity contribution is -0.144. The van der Waals surface area contributed by atoms with Gasteiger partial charge in [0.15, 0.2) is 0 Å². The van der Waals surface area contributed by atoms with Gasteiger partial charge in [-0.1, -0.05) is 0 Å². The summed E-state index contributed by atoms with van der Waals surface area (Å²) < 4.78 is 0. The standard InChI is InChI=1S/C16H27N7O8/c1-6(21-14(28)7(17)4-11(19)25)13(27)22-8(2-3-10(18)24)15(29)23-9(16(30)31)5-12(20)26/h6-9H,2-5,17H2,1H3,(H2,18,24)(H2,19,25)(H2,20,26)(H,21,28)(H,22,27)(H,23,29)(H,30,31). The Labute approximate surface area is 176 Å². The van der Waals surface area contributed by atoms with Gasteiger partial charge in [-0.2, -0.15) is 0 Å². The highest BCUT2D eigenvalue weighted by molar-refractivity contribution is 5.95. The van der Waals surface area contributed by atoms with Crippen LogP contribution in [0, 0.1) is 0 Å². The molecular weight excluding hydrogens is 418 g/mol. The van der Waals surface area contributed by atoms with Crippen LogP contribution in [0.2, 0.25) is 0 Å². The van der Waals surface area contributed by atoms with Crippen LogP contribution >= 0.6 is 0 Å². The molecule has 0 aromatic heterocycles. The van der Waals surface area contributed by atoms with Crippen LogP contribution in [0.3, 0.4) is 0 Å². The fourth-order valence-electron chi connectivity index (χ4n) is 2.22. The molecule has 6 amide bonds. The Morgan fingerprint density at radius 3 is 1.71 bits per heavy atom. The minimum Gasteiger partial charge on any atom is -0.480 e. The highest BCUT2D eigenvalue weighted by atomic mass is 16.4. The first-order valence-corrected chi connectivity index (χ1v) is 8.99. The van der Waals surface area contributed by atoms with Crippen LogP contribution in [-0.4, -0.2) is 70.7 Å². The maximum absolute atomic E-state index is 12.4. The SMILES string of the molecule is CC(NC(=O)C(N)CC(N)=O)C(=O)NC(CCC(N)=O)C(=O)NC(CC(N)=O)C(=O)O. The largest absolute Gasteiger partial charge is 0.480 e. The summed E-state index contributed by atoms with van der Waals surface area (Å²) in [7, 11) is 0. The van der Waals surface area contributed by atoms with Crippen LogP contribution in [0.15, 0.2) is 0 Å². The van der Waals surface area contributed by atoms with Gasteiger partial charge in [0.1, 0.15) is 18.1 Å². The average Bonchev–Trinajstić information content (AvgIpc) is 2.62. The van der Waals surface area contributed by atoms with Crippen molar-refractivity contribution in [2.75, 3.05) is 0 Å². The highest BCUT2D eigenvalue weighted by Gasteiger charge is 2.29. The quantitative estimate of drug-likeness (QED) is 0.127. The predicted octanol–water partition coefficient (Wildman–Crippen LogP) is -5.11. The lowest BCUT2D eigenvalue weighted by Gasteiger charge is -2.23. The van der Waals surface area contributed by atoms with E-state index in [1.807, 2.05) is 5.32 Å². The second kappa shape index (κ2) is 12.7. The number of carboxylic acids is 1. The zero-order valence-corrected chi connectivity index (χ0v) is 16.8. The molecule has 0 aliphatic carbocycles. The van der Waals surface area contributed by atoms with Crippen molar-refractivity contribution in [3.63, 3.8) is 0 Å². The van der Waals surface area contributed by atoms with E-state index in [1.165, 1.54) is 6.92 Å². The van der Waals surface area contributed by atoms with Gasteiger partial charge in [-0.25, -0.2) is 4.79 Å². The number of nitrogens with two attached hydrogens (primary N) is 4. The van der Waals surface area contributed by atoms with Crippen molar-refractivity contribution in [3.05, 3.63) is 0 Å². The van der Waals surface area contributed by atoms with Crippen LogP contribution < -0.4 is 38.9 Å². The summed E-state index contributed by atoms with van der Waals surface area (Å²) >= 11 is 0. The van der Waals surface area contributed by atoms with E-state index in [0.717, 1.165) is 0 Å². The Kier molecular flexibility index (Phi) is 11.2. The van der Waals surface area contributed by atoms with Crippen LogP contribution in [0.4, 0.5) is 0 Å². The number of carbonyl (C=O) groups excluding carboxylic acids is 6. The summed E-state index contributed by atoms with van der Waals surface area (Å²) in [4.78, 5) is 80.6. The lowest BCUT2D eigenvalue weighted by atomic mass is 10.1. The zero-order valence-electron chi connectivity index (χ0n) is 16.8.